The highest BCUT2D eigenvalue weighted by Gasteiger charge is 2.23. The van der Waals surface area contributed by atoms with E-state index in [0.29, 0.717) is 17.1 Å². The van der Waals surface area contributed by atoms with Crippen LogP contribution in [0.2, 0.25) is 5.02 Å². The minimum Gasteiger partial charge on any atom is -0.493 e. The maximum Gasteiger partial charge on any atom is 0.416 e. The van der Waals surface area contributed by atoms with Crippen molar-refractivity contribution in [3.05, 3.63) is 64.6 Å². The van der Waals surface area contributed by atoms with Crippen molar-refractivity contribution in [1.29, 1.82) is 0 Å². The van der Waals surface area contributed by atoms with E-state index in [9.17, 15) is 14.3 Å². The number of methoxy groups -OCH3 is 2. The summed E-state index contributed by atoms with van der Waals surface area (Å²) < 4.78 is 29.3. The molecule has 1 amide bonds. The number of anilines is 1. The second-order valence-electron chi connectivity index (χ2n) is 5.56. The predicted octanol–water partition coefficient (Wildman–Crippen LogP) is 4.66. The van der Waals surface area contributed by atoms with Crippen LogP contribution in [0.1, 0.15) is 24.2 Å². The number of benzene rings is 2. The molecule has 0 aliphatic carbocycles. The summed E-state index contributed by atoms with van der Waals surface area (Å²) in [5.41, 5.74) is 0.475. The Hall–Kier alpha value is -2.77. The van der Waals surface area contributed by atoms with Crippen molar-refractivity contribution in [2.45, 2.75) is 13.0 Å². The normalized spacial score (nSPS) is 11.5. The van der Waals surface area contributed by atoms with Crippen molar-refractivity contribution >= 4 is 23.4 Å². The number of amides is 1. The number of carbonyl (C=O) groups excluding carboxylic acids is 1. The number of para-hydroxylation sites is 1. The molecule has 6 nitrogen and oxygen atoms in total. The van der Waals surface area contributed by atoms with Crippen molar-refractivity contribution < 1.29 is 28.5 Å². The molecule has 2 aromatic rings. The molecule has 0 aromatic heterocycles. The van der Waals surface area contributed by atoms with Crippen LogP contribution in [-0.4, -0.2) is 25.4 Å². The Morgan fingerprint density at radius 2 is 1.96 bits per heavy atom. The highest BCUT2D eigenvalue weighted by Crippen LogP contribution is 2.40. The van der Waals surface area contributed by atoms with E-state index < -0.39 is 18.0 Å². The van der Waals surface area contributed by atoms with Gasteiger partial charge in [-0.05, 0) is 25.1 Å². The zero-order valence-electron chi connectivity index (χ0n) is 15.0. The molecule has 0 aliphatic heterocycles. The molecule has 0 saturated carbocycles. The van der Waals surface area contributed by atoms with Gasteiger partial charge in [0.2, 0.25) is 0 Å². The number of hydrogen-bond donors (Lipinski definition) is 2. The van der Waals surface area contributed by atoms with Crippen LogP contribution < -0.4 is 14.8 Å². The van der Waals surface area contributed by atoms with Crippen molar-refractivity contribution in [1.82, 2.24) is 0 Å². The Labute approximate surface area is 161 Å². The molecule has 2 aromatic carbocycles. The Bertz CT molecular complexity index is 871. The molecule has 27 heavy (non-hydrogen) atoms. The molecule has 0 spiro atoms. The molecule has 8 heteroatoms. The molecular formula is C19H19ClFNO5. The average molecular weight is 396 g/mol. The van der Waals surface area contributed by atoms with Crippen LogP contribution in [0.15, 0.2) is 42.7 Å². The van der Waals surface area contributed by atoms with Crippen LogP contribution >= 0.6 is 11.6 Å². The SMILES string of the molecule is C=C(C)OC(=O)Nc1cc(F)c(Cl)cc1C(O)c1cccc(OC)c1OC. The summed E-state index contributed by atoms with van der Waals surface area (Å²) in [7, 11) is 2.89. The summed E-state index contributed by atoms with van der Waals surface area (Å²) in [5.74, 6) is 0.0798. The van der Waals surface area contributed by atoms with Crippen LogP contribution in [0, 0.1) is 5.82 Å². The summed E-state index contributed by atoms with van der Waals surface area (Å²) in [6, 6.07) is 7.15. The molecule has 2 N–H and O–H groups in total. The zero-order chi connectivity index (χ0) is 20.1. The number of halogens is 2. The fourth-order valence-corrected chi connectivity index (χ4v) is 2.66. The zero-order valence-corrected chi connectivity index (χ0v) is 15.8. The van der Waals surface area contributed by atoms with Gasteiger partial charge in [0, 0.05) is 11.1 Å². The van der Waals surface area contributed by atoms with Crippen molar-refractivity contribution in [3.63, 3.8) is 0 Å². The van der Waals surface area contributed by atoms with Crippen LogP contribution in [0.4, 0.5) is 14.9 Å². The minimum atomic E-state index is -1.30. The van der Waals surface area contributed by atoms with Gasteiger partial charge in [-0.15, -0.1) is 0 Å². The molecule has 0 bridgehead atoms. The summed E-state index contributed by atoms with van der Waals surface area (Å²) in [6.07, 6.45) is -2.18. The van der Waals surface area contributed by atoms with E-state index in [0.717, 1.165) is 6.07 Å². The Morgan fingerprint density at radius 1 is 1.26 bits per heavy atom. The molecular weight excluding hydrogens is 377 g/mol. The third kappa shape index (κ3) is 4.69. The highest BCUT2D eigenvalue weighted by molar-refractivity contribution is 6.31. The number of aliphatic hydroxyl groups is 1. The second kappa shape index (κ2) is 8.75. The Morgan fingerprint density at radius 3 is 2.56 bits per heavy atom. The summed E-state index contributed by atoms with van der Waals surface area (Å²) in [6.45, 7) is 4.94. The van der Waals surface area contributed by atoms with Crippen LogP contribution in [-0.2, 0) is 4.74 Å². The first-order valence-electron chi connectivity index (χ1n) is 7.80. The van der Waals surface area contributed by atoms with Gasteiger partial charge in [-0.25, -0.2) is 9.18 Å². The molecule has 0 radical (unpaired) electrons. The number of allylic oxidation sites excluding steroid dienone is 1. The first-order chi connectivity index (χ1) is 12.8. The fourth-order valence-electron chi connectivity index (χ4n) is 2.49. The van der Waals surface area contributed by atoms with E-state index in [1.54, 1.807) is 18.2 Å². The van der Waals surface area contributed by atoms with Crippen LogP contribution in [0.25, 0.3) is 0 Å². The molecule has 1 atom stereocenters. The lowest BCUT2D eigenvalue weighted by Crippen LogP contribution is -2.16. The second-order valence-corrected chi connectivity index (χ2v) is 5.96. The van der Waals surface area contributed by atoms with Crippen molar-refractivity contribution in [2.75, 3.05) is 19.5 Å². The maximum absolute atomic E-state index is 13.9. The number of rotatable bonds is 6. The average Bonchev–Trinajstić information content (AvgIpc) is 2.62. The summed E-state index contributed by atoms with van der Waals surface area (Å²) >= 11 is 5.87. The smallest absolute Gasteiger partial charge is 0.416 e. The lowest BCUT2D eigenvalue weighted by atomic mass is 9.98. The molecule has 1 unspecified atom stereocenters. The van der Waals surface area contributed by atoms with Crippen LogP contribution in [0.5, 0.6) is 11.5 Å². The lowest BCUT2D eigenvalue weighted by Gasteiger charge is -2.20. The van der Waals surface area contributed by atoms with E-state index in [1.165, 1.54) is 27.2 Å². The first kappa shape index (κ1) is 20.5. The van der Waals surface area contributed by atoms with Crippen molar-refractivity contribution in [2.24, 2.45) is 0 Å². The number of aliphatic hydroxyl groups excluding tert-OH is 1. The van der Waals surface area contributed by atoms with E-state index in [1.807, 2.05) is 0 Å². The van der Waals surface area contributed by atoms with Crippen LogP contribution in [0.3, 0.4) is 0 Å². The number of ether oxygens (including phenoxy) is 3. The molecule has 0 saturated heterocycles. The predicted molar refractivity (Wildman–Crippen MR) is 99.9 cm³/mol. The van der Waals surface area contributed by atoms with E-state index in [2.05, 4.69) is 11.9 Å². The molecule has 0 fully saturated rings. The first-order valence-corrected chi connectivity index (χ1v) is 8.18. The van der Waals surface area contributed by atoms with E-state index in [-0.39, 0.29) is 22.0 Å². The van der Waals surface area contributed by atoms with Gasteiger partial charge in [0.25, 0.3) is 0 Å². The monoisotopic (exact) mass is 395 g/mol. The Balaban J connectivity index is 2.52. The minimum absolute atomic E-state index is 0.0134. The van der Waals surface area contributed by atoms with Gasteiger partial charge < -0.3 is 19.3 Å². The molecule has 0 aliphatic rings. The fraction of sp³-hybridized carbons (Fsp3) is 0.211. The van der Waals surface area contributed by atoms with Gasteiger partial charge in [-0.2, -0.15) is 0 Å². The Kier molecular flexibility index (Phi) is 6.65. The third-order valence-electron chi connectivity index (χ3n) is 3.62. The third-order valence-corrected chi connectivity index (χ3v) is 3.91. The largest absolute Gasteiger partial charge is 0.493 e. The van der Waals surface area contributed by atoms with Gasteiger partial charge >= 0.3 is 6.09 Å². The molecule has 144 valence electrons. The van der Waals surface area contributed by atoms with E-state index >= 15 is 0 Å². The summed E-state index contributed by atoms with van der Waals surface area (Å²) in [5, 5.41) is 13.0. The van der Waals surface area contributed by atoms with Gasteiger partial charge in [0.05, 0.1) is 30.7 Å². The maximum atomic E-state index is 13.9. The van der Waals surface area contributed by atoms with Gasteiger partial charge in [0.1, 0.15) is 11.9 Å². The van der Waals surface area contributed by atoms with Gasteiger partial charge in [-0.3, -0.25) is 5.32 Å². The van der Waals surface area contributed by atoms with Crippen molar-refractivity contribution in [3.8, 4) is 11.5 Å². The van der Waals surface area contributed by atoms with Gasteiger partial charge in [-0.1, -0.05) is 30.3 Å². The highest BCUT2D eigenvalue weighted by atomic mass is 35.5. The summed E-state index contributed by atoms with van der Waals surface area (Å²) in [4.78, 5) is 11.9. The van der Waals surface area contributed by atoms with Gasteiger partial charge in [0.15, 0.2) is 11.5 Å². The number of nitrogens with one attached hydrogen (secondary N) is 1. The standard InChI is InChI=1S/C19H19ClFNO5/c1-10(2)27-19(24)22-15-9-14(21)13(20)8-12(15)17(23)11-6-5-7-16(25-3)18(11)26-4/h5-9,17,23H,1H2,2-4H3,(H,22,24). The molecule has 2 rings (SSSR count). The number of carbonyl (C=O) groups is 1. The molecule has 0 heterocycles. The van der Waals surface area contributed by atoms with E-state index in [4.69, 9.17) is 25.8 Å². The topological polar surface area (TPSA) is 77.0 Å². The lowest BCUT2D eigenvalue weighted by molar-refractivity contribution is 0.192. The number of hydrogen-bond acceptors (Lipinski definition) is 5. The quantitative estimate of drug-likeness (QED) is 0.695.